The number of hydrogen-bond acceptors (Lipinski definition) is 2. The predicted octanol–water partition coefficient (Wildman–Crippen LogP) is 0.962. The highest BCUT2D eigenvalue weighted by Gasteiger charge is 2.69. The number of rotatable bonds is 0. The van der Waals surface area contributed by atoms with Crippen LogP contribution in [0, 0.1) is 0 Å². The van der Waals surface area contributed by atoms with Gasteiger partial charge in [-0.3, -0.25) is 4.90 Å². The fourth-order valence-electron chi connectivity index (χ4n) is 2.59. The van der Waals surface area contributed by atoms with Crippen molar-refractivity contribution in [1.29, 1.82) is 0 Å². The van der Waals surface area contributed by atoms with E-state index < -0.39 is 0 Å². The van der Waals surface area contributed by atoms with Crippen molar-refractivity contribution < 1.29 is 9.53 Å². The highest BCUT2D eigenvalue weighted by molar-refractivity contribution is 6.25. The van der Waals surface area contributed by atoms with Crippen molar-refractivity contribution in [2.24, 2.45) is 0 Å². The van der Waals surface area contributed by atoms with Crippen molar-refractivity contribution in [3.05, 3.63) is 0 Å². The molecule has 1 saturated carbocycles. The molecule has 4 heteroatoms. The van der Waals surface area contributed by atoms with E-state index in [0.717, 1.165) is 12.8 Å². The molecule has 0 aromatic rings. The monoisotopic (exact) mass is 173 g/mol. The zero-order chi connectivity index (χ0) is 7.69. The molecule has 0 unspecified atom stereocenters. The van der Waals surface area contributed by atoms with Crippen LogP contribution in [0.2, 0.25) is 0 Å². The van der Waals surface area contributed by atoms with Gasteiger partial charge in [0.05, 0.1) is 10.4 Å². The van der Waals surface area contributed by atoms with Gasteiger partial charge in [-0.15, -0.1) is 11.6 Å². The van der Waals surface area contributed by atoms with Crippen molar-refractivity contribution in [2.45, 2.75) is 23.3 Å². The smallest absolute Gasteiger partial charge is 0.410 e. The van der Waals surface area contributed by atoms with Gasteiger partial charge in [-0.1, -0.05) is 0 Å². The maximum atomic E-state index is 11.1. The summed E-state index contributed by atoms with van der Waals surface area (Å²) in [7, 11) is 0. The van der Waals surface area contributed by atoms with Crippen LogP contribution in [0.15, 0.2) is 0 Å². The van der Waals surface area contributed by atoms with Gasteiger partial charge < -0.3 is 4.74 Å². The van der Waals surface area contributed by atoms with Gasteiger partial charge in [0.15, 0.2) is 0 Å². The average molecular weight is 174 g/mol. The first-order chi connectivity index (χ1) is 5.14. The highest BCUT2D eigenvalue weighted by Crippen LogP contribution is 2.59. The van der Waals surface area contributed by atoms with E-state index >= 15 is 0 Å². The van der Waals surface area contributed by atoms with Gasteiger partial charge in [0.1, 0.15) is 6.61 Å². The Morgan fingerprint density at radius 1 is 1.55 bits per heavy atom. The minimum Gasteiger partial charge on any atom is -0.447 e. The van der Waals surface area contributed by atoms with Gasteiger partial charge in [-0.25, -0.2) is 4.79 Å². The minimum atomic E-state index is -0.176. The lowest BCUT2D eigenvalue weighted by Crippen LogP contribution is -2.49. The average Bonchev–Trinajstić information content (AvgIpc) is 2.37. The molecule has 1 aliphatic carbocycles. The zero-order valence-electron chi connectivity index (χ0n) is 5.97. The van der Waals surface area contributed by atoms with Crippen LogP contribution in [0.4, 0.5) is 4.79 Å². The molecule has 4 rings (SSSR count). The molecule has 60 valence electrons. The zero-order valence-corrected chi connectivity index (χ0v) is 6.73. The number of nitrogens with zero attached hydrogens (tertiary/aromatic N) is 1. The number of hydrogen-bond donors (Lipinski definition) is 0. The third-order valence-corrected chi connectivity index (χ3v) is 3.38. The van der Waals surface area contributed by atoms with E-state index in [1.807, 2.05) is 0 Å². The molecule has 3 aliphatic heterocycles. The lowest BCUT2D eigenvalue weighted by atomic mass is 9.73. The minimum absolute atomic E-state index is 0.0127. The summed E-state index contributed by atoms with van der Waals surface area (Å²) in [6.45, 7) is 1.24. The Kier molecular flexibility index (Phi) is 0.765. The van der Waals surface area contributed by atoms with E-state index in [1.54, 1.807) is 4.90 Å². The first-order valence-corrected chi connectivity index (χ1v) is 4.15. The van der Waals surface area contributed by atoms with Gasteiger partial charge in [-0.2, -0.15) is 0 Å². The largest absolute Gasteiger partial charge is 0.447 e. The van der Waals surface area contributed by atoms with Crippen LogP contribution in [0.25, 0.3) is 0 Å². The van der Waals surface area contributed by atoms with Crippen LogP contribution in [-0.2, 0) is 4.74 Å². The molecule has 0 aromatic carbocycles. The van der Waals surface area contributed by atoms with Crippen LogP contribution >= 0.6 is 11.6 Å². The number of amides is 1. The quantitative estimate of drug-likeness (QED) is 0.511. The van der Waals surface area contributed by atoms with E-state index in [2.05, 4.69) is 0 Å². The molecule has 1 spiro atoms. The number of ether oxygens (including phenoxy) is 1. The molecule has 4 aliphatic rings. The van der Waals surface area contributed by atoms with E-state index in [-0.39, 0.29) is 16.5 Å². The highest BCUT2D eigenvalue weighted by atomic mass is 35.5. The Hall–Kier alpha value is -0.440. The Morgan fingerprint density at radius 3 is 2.91 bits per heavy atom. The molecule has 0 aromatic heterocycles. The van der Waals surface area contributed by atoms with E-state index in [4.69, 9.17) is 16.3 Å². The maximum absolute atomic E-state index is 11.1. The number of halogens is 1. The van der Waals surface area contributed by atoms with Gasteiger partial charge in [0, 0.05) is 6.54 Å². The molecule has 2 bridgehead atoms. The van der Waals surface area contributed by atoms with E-state index in [0.29, 0.717) is 13.2 Å². The topological polar surface area (TPSA) is 29.5 Å². The second-order valence-electron chi connectivity index (χ2n) is 3.87. The maximum Gasteiger partial charge on any atom is 0.410 e. The normalized spacial score (nSPS) is 52.1. The number of alkyl halides is 1. The molecule has 0 atom stereocenters. The first kappa shape index (κ1) is 6.12. The number of cyclic esters (lactones) is 1. The number of carbonyl (C=O) groups is 1. The fourth-order valence-corrected chi connectivity index (χ4v) is 3.21. The Balaban J connectivity index is 2.02. The van der Waals surface area contributed by atoms with Crippen molar-refractivity contribution in [3.63, 3.8) is 0 Å². The van der Waals surface area contributed by atoms with Gasteiger partial charge in [-0.05, 0) is 12.8 Å². The Bertz CT molecular complexity index is 247. The first-order valence-electron chi connectivity index (χ1n) is 3.77. The van der Waals surface area contributed by atoms with E-state index in [9.17, 15) is 4.79 Å². The van der Waals surface area contributed by atoms with Gasteiger partial charge in [0.25, 0.3) is 0 Å². The van der Waals surface area contributed by atoms with Crippen LogP contribution in [0.1, 0.15) is 12.8 Å². The summed E-state index contributed by atoms with van der Waals surface area (Å²) in [5.41, 5.74) is 0.0127. The third kappa shape index (κ3) is 0.515. The third-order valence-electron chi connectivity index (χ3n) is 2.99. The summed E-state index contributed by atoms with van der Waals surface area (Å²) < 4.78 is 4.93. The number of carbonyl (C=O) groups excluding carboxylic acids is 1. The molecular weight excluding hydrogens is 166 g/mol. The molecular formula is C7H8ClNO2. The summed E-state index contributed by atoms with van der Waals surface area (Å²) in [4.78, 5) is 12.8. The molecule has 1 amide bonds. The summed E-state index contributed by atoms with van der Waals surface area (Å²) in [6.07, 6.45) is 1.67. The van der Waals surface area contributed by atoms with Crippen molar-refractivity contribution in [1.82, 2.24) is 4.90 Å². The molecule has 0 radical (unpaired) electrons. The van der Waals surface area contributed by atoms with Crippen LogP contribution in [0.3, 0.4) is 0 Å². The van der Waals surface area contributed by atoms with Crippen molar-refractivity contribution >= 4 is 17.7 Å². The molecule has 3 saturated heterocycles. The van der Waals surface area contributed by atoms with Crippen LogP contribution < -0.4 is 0 Å². The lowest BCUT2D eigenvalue weighted by Gasteiger charge is -2.39. The summed E-state index contributed by atoms with van der Waals surface area (Å²) in [6, 6.07) is 0. The van der Waals surface area contributed by atoms with Crippen molar-refractivity contribution in [3.8, 4) is 0 Å². The second kappa shape index (κ2) is 1.38. The van der Waals surface area contributed by atoms with Gasteiger partial charge >= 0.3 is 6.09 Å². The fraction of sp³-hybridized carbons (Fsp3) is 0.857. The Labute approximate surface area is 69.2 Å². The Morgan fingerprint density at radius 2 is 2.27 bits per heavy atom. The summed E-state index contributed by atoms with van der Waals surface area (Å²) in [5.74, 6) is 0. The van der Waals surface area contributed by atoms with Gasteiger partial charge in [0.2, 0.25) is 0 Å². The van der Waals surface area contributed by atoms with E-state index in [1.165, 1.54) is 0 Å². The predicted molar refractivity (Wildman–Crippen MR) is 38.6 cm³/mol. The molecule has 3 heterocycles. The van der Waals surface area contributed by atoms with Crippen LogP contribution in [-0.4, -0.2) is 34.6 Å². The molecule has 0 N–H and O–H groups in total. The molecule has 3 nitrogen and oxygen atoms in total. The second-order valence-corrected chi connectivity index (χ2v) is 4.67. The SMILES string of the molecule is O=C1OCC23CC(Cl)(CN12)C3. The standard InChI is InChI=1S/C7H8ClNO2/c8-6-1-7(2-6)4-11-5(10)9(7)3-6/h1-4H2. The summed E-state index contributed by atoms with van der Waals surface area (Å²) >= 11 is 6.15. The lowest BCUT2D eigenvalue weighted by molar-refractivity contribution is 0.146. The molecule has 11 heavy (non-hydrogen) atoms. The van der Waals surface area contributed by atoms with Crippen LogP contribution in [0.5, 0.6) is 0 Å². The molecule has 4 fully saturated rings. The van der Waals surface area contributed by atoms with Crippen molar-refractivity contribution in [2.75, 3.05) is 13.2 Å². The summed E-state index contributed by atoms with van der Waals surface area (Å²) in [5, 5.41) is 0.